The Bertz CT molecular complexity index is 407. The first-order chi connectivity index (χ1) is 8.21. The first-order valence-corrected chi connectivity index (χ1v) is 7.43. The summed E-state index contributed by atoms with van der Waals surface area (Å²) in [5.74, 6) is 2.75. The predicted octanol–water partition coefficient (Wildman–Crippen LogP) is 3.07. The molecule has 4 aliphatic rings. The van der Waals surface area contributed by atoms with Crippen LogP contribution in [0.5, 0.6) is 5.19 Å². The standard InChI is InChI=1S/C13H18N2OS/c14-11-7-15-12(17-11)16-13-4-8-1-9(5-13)3-10(2-8)6-13/h7-10H,1-6,14H2. The van der Waals surface area contributed by atoms with E-state index < -0.39 is 0 Å². The number of hydrogen-bond donors (Lipinski definition) is 1. The van der Waals surface area contributed by atoms with Crippen LogP contribution in [0.2, 0.25) is 0 Å². The lowest BCUT2D eigenvalue weighted by Gasteiger charge is -2.55. The Kier molecular flexibility index (Phi) is 2.02. The Morgan fingerprint density at radius 2 is 1.76 bits per heavy atom. The van der Waals surface area contributed by atoms with E-state index in [4.69, 9.17) is 10.5 Å². The Hall–Kier alpha value is -0.770. The average Bonchev–Trinajstić information content (AvgIpc) is 2.60. The lowest BCUT2D eigenvalue weighted by molar-refractivity contribution is -0.107. The van der Waals surface area contributed by atoms with E-state index in [-0.39, 0.29) is 5.60 Å². The number of rotatable bonds is 2. The van der Waals surface area contributed by atoms with Gasteiger partial charge in [0.15, 0.2) is 0 Å². The molecule has 3 nitrogen and oxygen atoms in total. The van der Waals surface area contributed by atoms with E-state index in [2.05, 4.69) is 4.98 Å². The van der Waals surface area contributed by atoms with Crippen molar-refractivity contribution in [1.29, 1.82) is 0 Å². The summed E-state index contributed by atoms with van der Waals surface area (Å²) in [5.41, 5.74) is 5.83. The average molecular weight is 250 g/mol. The van der Waals surface area contributed by atoms with E-state index in [1.54, 1.807) is 6.20 Å². The Balaban J connectivity index is 1.60. The summed E-state index contributed by atoms with van der Waals surface area (Å²) in [6.45, 7) is 0. The molecule has 92 valence electrons. The molecule has 4 bridgehead atoms. The molecule has 5 rings (SSSR count). The molecule has 0 saturated heterocycles. The fourth-order valence-electron chi connectivity index (χ4n) is 4.66. The van der Waals surface area contributed by atoms with Crippen LogP contribution in [-0.4, -0.2) is 10.6 Å². The maximum atomic E-state index is 6.26. The van der Waals surface area contributed by atoms with Crippen LogP contribution >= 0.6 is 11.3 Å². The predicted molar refractivity (Wildman–Crippen MR) is 68.1 cm³/mol. The van der Waals surface area contributed by atoms with Gasteiger partial charge in [0, 0.05) is 0 Å². The molecule has 0 amide bonds. The van der Waals surface area contributed by atoms with Crippen molar-refractivity contribution in [2.45, 2.75) is 44.1 Å². The monoisotopic (exact) mass is 250 g/mol. The molecule has 1 heterocycles. The SMILES string of the molecule is Nc1cnc(OC23CC4CC(CC(C4)C2)C3)s1. The Morgan fingerprint density at radius 1 is 1.18 bits per heavy atom. The fourth-order valence-corrected chi connectivity index (χ4v) is 5.29. The second-order valence-corrected chi connectivity index (χ2v) is 7.26. The van der Waals surface area contributed by atoms with Gasteiger partial charge in [0.1, 0.15) is 10.6 Å². The number of ether oxygens (including phenoxy) is 1. The molecular weight excluding hydrogens is 232 g/mol. The zero-order valence-corrected chi connectivity index (χ0v) is 10.7. The molecule has 0 radical (unpaired) electrons. The summed E-state index contributed by atoms with van der Waals surface area (Å²) in [5, 5.41) is 1.54. The van der Waals surface area contributed by atoms with Gasteiger partial charge in [0.05, 0.1) is 6.20 Å². The highest BCUT2D eigenvalue weighted by atomic mass is 32.1. The zero-order valence-electron chi connectivity index (χ0n) is 9.89. The molecule has 0 spiro atoms. The van der Waals surface area contributed by atoms with Gasteiger partial charge in [-0.3, -0.25) is 0 Å². The maximum Gasteiger partial charge on any atom is 0.275 e. The van der Waals surface area contributed by atoms with Crippen molar-refractivity contribution in [3.63, 3.8) is 0 Å². The van der Waals surface area contributed by atoms with Gasteiger partial charge in [0.25, 0.3) is 5.19 Å². The van der Waals surface area contributed by atoms with Gasteiger partial charge in [-0.05, 0) is 56.3 Å². The second kappa shape index (κ2) is 3.37. The number of aromatic nitrogens is 1. The summed E-state index contributed by atoms with van der Waals surface area (Å²) in [6, 6.07) is 0. The molecule has 1 aromatic heterocycles. The van der Waals surface area contributed by atoms with Crippen molar-refractivity contribution in [1.82, 2.24) is 4.98 Å². The Morgan fingerprint density at radius 3 is 2.24 bits per heavy atom. The molecule has 4 aliphatic carbocycles. The van der Waals surface area contributed by atoms with E-state index in [9.17, 15) is 0 Å². The Labute approximate surface area is 105 Å². The zero-order chi connectivity index (χ0) is 11.5. The highest BCUT2D eigenvalue weighted by molar-refractivity contribution is 7.17. The van der Waals surface area contributed by atoms with Crippen LogP contribution < -0.4 is 10.5 Å². The second-order valence-electron chi connectivity index (χ2n) is 6.23. The lowest BCUT2D eigenvalue weighted by atomic mass is 9.54. The summed E-state index contributed by atoms with van der Waals surface area (Å²) >= 11 is 1.48. The first-order valence-electron chi connectivity index (χ1n) is 6.61. The highest BCUT2D eigenvalue weighted by Crippen LogP contribution is 2.57. The van der Waals surface area contributed by atoms with Gasteiger partial charge in [-0.25, -0.2) is 4.98 Å². The van der Waals surface area contributed by atoms with Crippen molar-refractivity contribution in [3.8, 4) is 5.19 Å². The molecule has 17 heavy (non-hydrogen) atoms. The molecule has 0 atom stereocenters. The first kappa shape index (κ1) is 10.2. The topological polar surface area (TPSA) is 48.1 Å². The van der Waals surface area contributed by atoms with Gasteiger partial charge in [-0.1, -0.05) is 11.3 Å². The molecule has 0 aromatic carbocycles. The summed E-state index contributed by atoms with van der Waals surface area (Å²) in [4.78, 5) is 4.26. The van der Waals surface area contributed by atoms with Gasteiger partial charge < -0.3 is 10.5 Å². The molecule has 0 aliphatic heterocycles. The van der Waals surface area contributed by atoms with Crippen molar-refractivity contribution in [2.75, 3.05) is 5.73 Å². The van der Waals surface area contributed by atoms with Gasteiger partial charge in [-0.2, -0.15) is 0 Å². The smallest absolute Gasteiger partial charge is 0.275 e. The van der Waals surface area contributed by atoms with E-state index >= 15 is 0 Å². The lowest BCUT2D eigenvalue weighted by Crippen LogP contribution is -2.53. The minimum absolute atomic E-state index is 0.110. The molecule has 0 unspecified atom stereocenters. The normalized spacial score (nSPS) is 42.9. The van der Waals surface area contributed by atoms with Gasteiger partial charge in [0.2, 0.25) is 0 Å². The number of nitrogens with two attached hydrogens (primary N) is 1. The van der Waals surface area contributed by atoms with Crippen LogP contribution in [-0.2, 0) is 0 Å². The van der Waals surface area contributed by atoms with Crippen LogP contribution in [0.25, 0.3) is 0 Å². The number of hydrogen-bond acceptors (Lipinski definition) is 4. The van der Waals surface area contributed by atoms with E-state index in [1.165, 1.54) is 49.9 Å². The number of thiazole rings is 1. The van der Waals surface area contributed by atoms with Crippen molar-refractivity contribution in [3.05, 3.63) is 6.20 Å². The minimum atomic E-state index is 0.110. The molecule has 2 N–H and O–H groups in total. The maximum absolute atomic E-state index is 6.26. The van der Waals surface area contributed by atoms with E-state index in [0.717, 1.165) is 27.9 Å². The molecule has 4 fully saturated rings. The molecule has 4 heteroatoms. The molecule has 4 saturated carbocycles. The molecular formula is C13H18N2OS. The van der Waals surface area contributed by atoms with Gasteiger partial charge >= 0.3 is 0 Å². The number of nitrogen functional groups attached to an aromatic ring is 1. The highest BCUT2D eigenvalue weighted by Gasteiger charge is 2.52. The van der Waals surface area contributed by atoms with Crippen molar-refractivity contribution >= 4 is 16.3 Å². The molecule has 1 aromatic rings. The van der Waals surface area contributed by atoms with Crippen LogP contribution in [0.4, 0.5) is 5.00 Å². The van der Waals surface area contributed by atoms with Gasteiger partial charge in [-0.15, -0.1) is 0 Å². The third-order valence-electron chi connectivity index (χ3n) is 4.79. The summed E-state index contributed by atoms with van der Waals surface area (Å²) in [6.07, 6.45) is 9.80. The number of anilines is 1. The minimum Gasteiger partial charge on any atom is -0.463 e. The van der Waals surface area contributed by atoms with Crippen molar-refractivity contribution < 1.29 is 4.74 Å². The fraction of sp³-hybridized carbons (Fsp3) is 0.769. The summed E-state index contributed by atoms with van der Waals surface area (Å²) in [7, 11) is 0. The van der Waals surface area contributed by atoms with E-state index in [0.29, 0.717) is 0 Å². The van der Waals surface area contributed by atoms with Crippen LogP contribution in [0, 0.1) is 17.8 Å². The van der Waals surface area contributed by atoms with Crippen LogP contribution in [0.15, 0.2) is 6.20 Å². The van der Waals surface area contributed by atoms with Crippen LogP contribution in [0.3, 0.4) is 0 Å². The largest absolute Gasteiger partial charge is 0.463 e. The van der Waals surface area contributed by atoms with Crippen molar-refractivity contribution in [2.24, 2.45) is 17.8 Å². The summed E-state index contributed by atoms with van der Waals surface area (Å²) < 4.78 is 6.26. The van der Waals surface area contributed by atoms with E-state index in [1.807, 2.05) is 0 Å². The third kappa shape index (κ3) is 1.65. The van der Waals surface area contributed by atoms with Crippen LogP contribution in [0.1, 0.15) is 38.5 Å². The quantitative estimate of drug-likeness (QED) is 0.877. The number of nitrogens with zero attached hydrogens (tertiary/aromatic N) is 1. The third-order valence-corrected chi connectivity index (χ3v) is 5.49.